The van der Waals surface area contributed by atoms with E-state index in [2.05, 4.69) is 41.8 Å². The van der Waals surface area contributed by atoms with Gasteiger partial charge in [-0.2, -0.15) is 0 Å². The Hall–Kier alpha value is -2.43. The summed E-state index contributed by atoms with van der Waals surface area (Å²) >= 11 is 0. The lowest BCUT2D eigenvalue weighted by Gasteiger charge is -2.26. The van der Waals surface area contributed by atoms with Gasteiger partial charge in [-0.3, -0.25) is 0 Å². The highest BCUT2D eigenvalue weighted by atomic mass is 16.6. The van der Waals surface area contributed by atoms with Gasteiger partial charge in [-0.15, -0.1) is 0 Å². The third-order valence-corrected chi connectivity index (χ3v) is 3.93. The van der Waals surface area contributed by atoms with Crippen molar-refractivity contribution in [2.75, 3.05) is 13.7 Å². The van der Waals surface area contributed by atoms with E-state index in [0.717, 1.165) is 28.1 Å². The molecule has 1 unspecified atom stereocenters. The molecule has 0 aromatic heterocycles. The number of aryl methyl sites for hydroxylation is 1. The van der Waals surface area contributed by atoms with E-state index in [0.29, 0.717) is 13.0 Å². The molecule has 142 valence electrons. The molecule has 0 radical (unpaired) electrons. The highest BCUT2D eigenvalue weighted by Gasteiger charge is 2.22. The zero-order chi connectivity index (χ0) is 19.3. The smallest absolute Gasteiger partial charge is 0.408 e. The number of carbonyl (C=O) groups is 1. The number of carbonyl (C=O) groups excluding carboxylic acids is 1. The van der Waals surface area contributed by atoms with Gasteiger partial charge in [0.05, 0.1) is 12.6 Å². The van der Waals surface area contributed by atoms with Crippen molar-refractivity contribution in [2.24, 2.45) is 0 Å². The molecule has 0 saturated heterocycles. The number of rotatable bonds is 5. The average molecular weight is 358 g/mol. The maximum Gasteiger partial charge on any atom is 0.408 e. The SMILES string of the molecule is CCOc1cc(C)ccc1C1=CCC(NC(=O)OC(C)(C)C)C=C1NC. The van der Waals surface area contributed by atoms with Crippen molar-refractivity contribution in [3.05, 3.63) is 47.2 Å². The first-order chi connectivity index (χ1) is 12.2. The van der Waals surface area contributed by atoms with Gasteiger partial charge < -0.3 is 20.1 Å². The number of hydrogen-bond acceptors (Lipinski definition) is 4. The molecule has 0 fully saturated rings. The van der Waals surface area contributed by atoms with Crippen molar-refractivity contribution in [1.82, 2.24) is 10.6 Å². The van der Waals surface area contributed by atoms with Crippen molar-refractivity contribution >= 4 is 11.7 Å². The Morgan fingerprint density at radius 2 is 2.04 bits per heavy atom. The maximum absolute atomic E-state index is 12.0. The molecule has 0 saturated carbocycles. The molecule has 2 rings (SSSR count). The van der Waals surface area contributed by atoms with E-state index in [1.54, 1.807) is 0 Å². The second kappa shape index (κ2) is 8.30. The molecule has 5 nitrogen and oxygen atoms in total. The van der Waals surface area contributed by atoms with Gasteiger partial charge in [-0.25, -0.2) is 4.79 Å². The number of benzene rings is 1. The lowest BCUT2D eigenvalue weighted by Crippen LogP contribution is -2.39. The van der Waals surface area contributed by atoms with Gasteiger partial charge in [-0.05, 0) is 58.7 Å². The summed E-state index contributed by atoms with van der Waals surface area (Å²) < 4.78 is 11.2. The first kappa shape index (κ1) is 19.9. The Morgan fingerprint density at radius 3 is 2.65 bits per heavy atom. The predicted octanol–water partition coefficient (Wildman–Crippen LogP) is 4.18. The molecule has 1 aromatic carbocycles. The molecule has 1 aliphatic rings. The average Bonchev–Trinajstić information content (AvgIpc) is 2.54. The quantitative estimate of drug-likeness (QED) is 0.829. The summed E-state index contributed by atoms with van der Waals surface area (Å²) in [5, 5.41) is 6.14. The Kier molecular flexibility index (Phi) is 6.35. The highest BCUT2D eigenvalue weighted by molar-refractivity contribution is 5.83. The van der Waals surface area contributed by atoms with E-state index in [1.165, 1.54) is 0 Å². The number of likely N-dealkylation sites (N-methyl/N-ethyl adjacent to an activating group) is 1. The van der Waals surface area contributed by atoms with E-state index in [-0.39, 0.29) is 6.04 Å². The maximum atomic E-state index is 12.0. The molecule has 26 heavy (non-hydrogen) atoms. The van der Waals surface area contributed by atoms with Crippen LogP contribution in [-0.2, 0) is 4.74 Å². The van der Waals surface area contributed by atoms with Gasteiger partial charge in [-0.1, -0.05) is 18.2 Å². The van der Waals surface area contributed by atoms with Crippen LogP contribution in [0.3, 0.4) is 0 Å². The van der Waals surface area contributed by atoms with E-state index in [9.17, 15) is 4.79 Å². The van der Waals surface area contributed by atoms with Crippen LogP contribution in [0.5, 0.6) is 5.75 Å². The minimum absolute atomic E-state index is 0.114. The zero-order valence-electron chi connectivity index (χ0n) is 16.6. The second-order valence-corrected chi connectivity index (χ2v) is 7.37. The van der Waals surface area contributed by atoms with Crippen LogP contribution in [0.2, 0.25) is 0 Å². The number of ether oxygens (including phenoxy) is 2. The number of hydrogen-bond donors (Lipinski definition) is 2. The van der Waals surface area contributed by atoms with E-state index >= 15 is 0 Å². The van der Waals surface area contributed by atoms with Gasteiger partial charge in [0.2, 0.25) is 0 Å². The van der Waals surface area contributed by atoms with Crippen LogP contribution >= 0.6 is 0 Å². The summed E-state index contributed by atoms with van der Waals surface area (Å²) in [7, 11) is 1.88. The highest BCUT2D eigenvalue weighted by Crippen LogP contribution is 2.34. The number of amides is 1. The summed E-state index contributed by atoms with van der Waals surface area (Å²) in [5.41, 5.74) is 3.74. The van der Waals surface area contributed by atoms with Crippen LogP contribution < -0.4 is 15.4 Å². The minimum atomic E-state index is -0.510. The van der Waals surface area contributed by atoms with Crippen molar-refractivity contribution in [2.45, 2.75) is 52.7 Å². The molecule has 1 aromatic rings. The van der Waals surface area contributed by atoms with Gasteiger partial charge in [0.25, 0.3) is 0 Å². The van der Waals surface area contributed by atoms with Crippen LogP contribution in [0.25, 0.3) is 5.57 Å². The topological polar surface area (TPSA) is 59.6 Å². The van der Waals surface area contributed by atoms with Gasteiger partial charge >= 0.3 is 6.09 Å². The van der Waals surface area contributed by atoms with Crippen molar-refractivity contribution in [1.29, 1.82) is 0 Å². The van der Waals surface area contributed by atoms with Crippen LogP contribution in [0.1, 0.15) is 45.2 Å². The molecule has 1 amide bonds. The van der Waals surface area contributed by atoms with Crippen LogP contribution in [0, 0.1) is 6.92 Å². The molecule has 0 aliphatic heterocycles. The summed E-state index contributed by atoms with van der Waals surface area (Å²) in [6, 6.07) is 6.10. The van der Waals surface area contributed by atoms with Crippen molar-refractivity contribution in [3.63, 3.8) is 0 Å². The minimum Gasteiger partial charge on any atom is -0.493 e. The zero-order valence-corrected chi connectivity index (χ0v) is 16.6. The second-order valence-electron chi connectivity index (χ2n) is 7.37. The fourth-order valence-corrected chi connectivity index (χ4v) is 2.87. The number of alkyl carbamates (subject to hydrolysis) is 1. The standard InChI is InChI=1S/C21H30N2O3/c1-7-25-19-12-14(2)8-10-17(19)16-11-9-15(13-18(16)22-6)23-20(24)26-21(3,4)5/h8,10-13,15,22H,7,9H2,1-6H3,(H,23,24). The van der Waals surface area contributed by atoms with Gasteiger partial charge in [0.1, 0.15) is 11.4 Å². The first-order valence-electron chi connectivity index (χ1n) is 9.07. The molecule has 0 spiro atoms. The molecular formula is C21H30N2O3. The van der Waals surface area contributed by atoms with Crippen LogP contribution in [0.4, 0.5) is 4.79 Å². The molecule has 2 N–H and O–H groups in total. The lowest BCUT2D eigenvalue weighted by molar-refractivity contribution is 0.0514. The number of allylic oxidation sites excluding steroid dienone is 1. The van der Waals surface area contributed by atoms with Crippen molar-refractivity contribution < 1.29 is 14.3 Å². The number of nitrogens with one attached hydrogen (secondary N) is 2. The van der Waals surface area contributed by atoms with E-state index < -0.39 is 11.7 Å². The summed E-state index contributed by atoms with van der Waals surface area (Å²) in [5.74, 6) is 0.874. The lowest BCUT2D eigenvalue weighted by atomic mass is 9.92. The molecule has 1 aliphatic carbocycles. The Balaban J connectivity index is 2.20. The van der Waals surface area contributed by atoms with E-state index in [4.69, 9.17) is 9.47 Å². The van der Waals surface area contributed by atoms with Crippen LogP contribution in [0.15, 0.2) is 36.0 Å². The normalized spacial score (nSPS) is 17.1. The fraction of sp³-hybridized carbons (Fsp3) is 0.476. The monoisotopic (exact) mass is 358 g/mol. The Labute approximate surface area is 156 Å². The Morgan fingerprint density at radius 1 is 1.31 bits per heavy atom. The third-order valence-electron chi connectivity index (χ3n) is 3.93. The molecule has 0 bridgehead atoms. The largest absolute Gasteiger partial charge is 0.493 e. The third kappa shape index (κ3) is 5.28. The first-order valence-corrected chi connectivity index (χ1v) is 9.07. The molecule has 1 atom stereocenters. The molecule has 0 heterocycles. The fourth-order valence-electron chi connectivity index (χ4n) is 2.87. The summed E-state index contributed by atoms with van der Waals surface area (Å²) in [4.78, 5) is 12.0. The molecule has 5 heteroatoms. The van der Waals surface area contributed by atoms with E-state index in [1.807, 2.05) is 40.8 Å². The van der Waals surface area contributed by atoms with Gasteiger partial charge in [0, 0.05) is 23.9 Å². The Bertz CT molecular complexity index is 714. The van der Waals surface area contributed by atoms with Crippen LogP contribution in [-0.4, -0.2) is 31.4 Å². The summed E-state index contributed by atoms with van der Waals surface area (Å²) in [6.45, 7) is 10.2. The summed E-state index contributed by atoms with van der Waals surface area (Å²) in [6.07, 6.45) is 4.44. The van der Waals surface area contributed by atoms with Crippen molar-refractivity contribution in [3.8, 4) is 5.75 Å². The molecular weight excluding hydrogens is 328 g/mol. The predicted molar refractivity (Wildman–Crippen MR) is 105 cm³/mol. The van der Waals surface area contributed by atoms with Gasteiger partial charge in [0.15, 0.2) is 0 Å².